The van der Waals surface area contributed by atoms with Gasteiger partial charge in [0.1, 0.15) is 5.76 Å². The normalized spacial score (nSPS) is 13.4. The summed E-state index contributed by atoms with van der Waals surface area (Å²) in [5.74, 6) is 6.04. The summed E-state index contributed by atoms with van der Waals surface area (Å²) in [5.41, 5.74) is 0. The standard InChI is InChI=1S/C7H11NO2/c1-6(5-10-8)7-3-2-4-9-7/h2-4,6H,5,8H2,1H3. The summed E-state index contributed by atoms with van der Waals surface area (Å²) < 4.78 is 5.11. The van der Waals surface area contributed by atoms with E-state index in [1.54, 1.807) is 6.26 Å². The number of furan rings is 1. The fourth-order valence-corrected chi connectivity index (χ4v) is 0.798. The van der Waals surface area contributed by atoms with Gasteiger partial charge in [-0.3, -0.25) is 0 Å². The molecule has 0 radical (unpaired) electrons. The van der Waals surface area contributed by atoms with Crippen LogP contribution in [0.25, 0.3) is 0 Å². The predicted octanol–water partition coefficient (Wildman–Crippen LogP) is 1.27. The lowest BCUT2D eigenvalue weighted by atomic mass is 10.1. The molecule has 10 heavy (non-hydrogen) atoms. The van der Waals surface area contributed by atoms with Gasteiger partial charge in [-0.25, -0.2) is 5.90 Å². The van der Waals surface area contributed by atoms with Crippen LogP contribution in [0.1, 0.15) is 18.6 Å². The first-order chi connectivity index (χ1) is 4.84. The van der Waals surface area contributed by atoms with Crippen molar-refractivity contribution >= 4 is 0 Å². The lowest BCUT2D eigenvalue weighted by Crippen LogP contribution is -2.07. The van der Waals surface area contributed by atoms with E-state index in [-0.39, 0.29) is 5.92 Å². The quantitative estimate of drug-likeness (QED) is 0.645. The first-order valence-corrected chi connectivity index (χ1v) is 3.19. The van der Waals surface area contributed by atoms with Gasteiger partial charge in [0.2, 0.25) is 0 Å². The molecule has 1 aromatic heterocycles. The highest BCUT2D eigenvalue weighted by molar-refractivity contribution is 5.03. The van der Waals surface area contributed by atoms with Gasteiger partial charge in [0, 0.05) is 5.92 Å². The van der Waals surface area contributed by atoms with Gasteiger partial charge in [0.25, 0.3) is 0 Å². The molecule has 0 amide bonds. The van der Waals surface area contributed by atoms with Crippen LogP contribution in [0.15, 0.2) is 22.8 Å². The Labute approximate surface area is 59.7 Å². The summed E-state index contributed by atoms with van der Waals surface area (Å²) in [7, 11) is 0. The fraction of sp³-hybridized carbons (Fsp3) is 0.429. The zero-order valence-corrected chi connectivity index (χ0v) is 5.91. The minimum absolute atomic E-state index is 0.236. The molecule has 1 atom stereocenters. The van der Waals surface area contributed by atoms with E-state index >= 15 is 0 Å². The average Bonchev–Trinajstić information content (AvgIpc) is 2.38. The maximum absolute atomic E-state index is 5.11. The van der Waals surface area contributed by atoms with E-state index < -0.39 is 0 Å². The van der Waals surface area contributed by atoms with E-state index in [2.05, 4.69) is 4.84 Å². The molecule has 2 N–H and O–H groups in total. The Morgan fingerprint density at radius 1 is 1.80 bits per heavy atom. The number of rotatable bonds is 3. The van der Waals surface area contributed by atoms with Crippen molar-refractivity contribution < 1.29 is 9.25 Å². The van der Waals surface area contributed by atoms with Crippen LogP contribution in [0.4, 0.5) is 0 Å². The Morgan fingerprint density at radius 2 is 2.60 bits per heavy atom. The second-order valence-electron chi connectivity index (χ2n) is 2.25. The topological polar surface area (TPSA) is 48.4 Å². The highest BCUT2D eigenvalue weighted by atomic mass is 16.6. The summed E-state index contributed by atoms with van der Waals surface area (Å²) in [6, 6.07) is 3.76. The smallest absolute Gasteiger partial charge is 0.108 e. The van der Waals surface area contributed by atoms with Crippen LogP contribution < -0.4 is 5.90 Å². The molecule has 0 aromatic carbocycles. The van der Waals surface area contributed by atoms with Crippen LogP contribution in [0.2, 0.25) is 0 Å². The molecule has 0 saturated heterocycles. The van der Waals surface area contributed by atoms with Crippen molar-refractivity contribution in [3.63, 3.8) is 0 Å². The SMILES string of the molecule is CC(CON)c1ccco1. The monoisotopic (exact) mass is 141 g/mol. The molecule has 1 heterocycles. The Balaban J connectivity index is 2.50. The van der Waals surface area contributed by atoms with Gasteiger partial charge in [-0.05, 0) is 12.1 Å². The van der Waals surface area contributed by atoms with Crippen molar-refractivity contribution in [1.29, 1.82) is 0 Å². The molecule has 0 bridgehead atoms. The zero-order valence-electron chi connectivity index (χ0n) is 5.91. The van der Waals surface area contributed by atoms with Crippen molar-refractivity contribution in [2.45, 2.75) is 12.8 Å². The Bertz CT molecular complexity index is 172. The van der Waals surface area contributed by atoms with Gasteiger partial charge >= 0.3 is 0 Å². The van der Waals surface area contributed by atoms with Crippen molar-refractivity contribution in [2.24, 2.45) is 5.90 Å². The maximum Gasteiger partial charge on any atom is 0.108 e. The van der Waals surface area contributed by atoms with Gasteiger partial charge in [-0.2, -0.15) is 0 Å². The second-order valence-corrected chi connectivity index (χ2v) is 2.25. The summed E-state index contributed by atoms with van der Waals surface area (Å²) in [5, 5.41) is 0. The molecule has 0 spiro atoms. The molecule has 1 aromatic rings. The highest BCUT2D eigenvalue weighted by Gasteiger charge is 2.06. The molecule has 3 heteroatoms. The minimum atomic E-state index is 0.236. The lowest BCUT2D eigenvalue weighted by Gasteiger charge is -2.04. The highest BCUT2D eigenvalue weighted by Crippen LogP contribution is 2.14. The van der Waals surface area contributed by atoms with E-state index in [9.17, 15) is 0 Å². The van der Waals surface area contributed by atoms with Gasteiger partial charge < -0.3 is 9.25 Å². The summed E-state index contributed by atoms with van der Waals surface area (Å²) >= 11 is 0. The van der Waals surface area contributed by atoms with Gasteiger partial charge in [0.05, 0.1) is 12.9 Å². The van der Waals surface area contributed by atoms with E-state index in [0.29, 0.717) is 6.61 Å². The van der Waals surface area contributed by atoms with E-state index in [1.807, 2.05) is 19.1 Å². The summed E-state index contributed by atoms with van der Waals surface area (Å²) in [4.78, 5) is 4.47. The van der Waals surface area contributed by atoms with Crippen LogP contribution in [0.5, 0.6) is 0 Å². The molecular weight excluding hydrogens is 130 g/mol. The zero-order chi connectivity index (χ0) is 7.40. The van der Waals surface area contributed by atoms with Crippen LogP contribution in [-0.2, 0) is 4.84 Å². The number of hydrogen-bond acceptors (Lipinski definition) is 3. The Kier molecular flexibility index (Phi) is 2.48. The molecule has 56 valence electrons. The molecule has 0 saturated carbocycles. The van der Waals surface area contributed by atoms with Crippen molar-refractivity contribution in [1.82, 2.24) is 0 Å². The predicted molar refractivity (Wildman–Crippen MR) is 37.3 cm³/mol. The van der Waals surface area contributed by atoms with Gasteiger partial charge in [-0.1, -0.05) is 6.92 Å². The molecule has 0 aliphatic heterocycles. The third-order valence-electron chi connectivity index (χ3n) is 1.38. The van der Waals surface area contributed by atoms with Crippen molar-refractivity contribution in [3.05, 3.63) is 24.2 Å². The van der Waals surface area contributed by atoms with Gasteiger partial charge in [0.15, 0.2) is 0 Å². The molecule has 0 aliphatic carbocycles. The van der Waals surface area contributed by atoms with Crippen LogP contribution in [-0.4, -0.2) is 6.61 Å². The average molecular weight is 141 g/mol. The van der Waals surface area contributed by atoms with E-state index in [1.165, 1.54) is 0 Å². The summed E-state index contributed by atoms with van der Waals surface area (Å²) in [6.07, 6.45) is 1.64. The third-order valence-corrected chi connectivity index (χ3v) is 1.38. The van der Waals surface area contributed by atoms with E-state index in [4.69, 9.17) is 10.3 Å². The molecule has 3 nitrogen and oxygen atoms in total. The Morgan fingerprint density at radius 3 is 3.10 bits per heavy atom. The maximum atomic E-state index is 5.11. The largest absolute Gasteiger partial charge is 0.469 e. The summed E-state index contributed by atoms with van der Waals surface area (Å²) in [6.45, 7) is 2.49. The molecule has 0 aliphatic rings. The van der Waals surface area contributed by atoms with Gasteiger partial charge in [-0.15, -0.1) is 0 Å². The first-order valence-electron chi connectivity index (χ1n) is 3.19. The Hall–Kier alpha value is -0.800. The minimum Gasteiger partial charge on any atom is -0.469 e. The molecular formula is C7H11NO2. The number of hydrogen-bond donors (Lipinski definition) is 1. The first kappa shape index (κ1) is 7.31. The van der Waals surface area contributed by atoms with Crippen molar-refractivity contribution in [2.75, 3.05) is 6.61 Å². The van der Waals surface area contributed by atoms with E-state index in [0.717, 1.165) is 5.76 Å². The molecule has 0 fully saturated rings. The van der Waals surface area contributed by atoms with Crippen molar-refractivity contribution in [3.8, 4) is 0 Å². The third kappa shape index (κ3) is 1.59. The van der Waals surface area contributed by atoms with Crippen LogP contribution in [0, 0.1) is 0 Å². The van der Waals surface area contributed by atoms with Crippen LogP contribution >= 0.6 is 0 Å². The lowest BCUT2D eigenvalue weighted by molar-refractivity contribution is 0.121. The number of nitrogens with two attached hydrogens (primary N) is 1. The molecule has 1 unspecified atom stereocenters. The second kappa shape index (κ2) is 3.39. The van der Waals surface area contributed by atoms with Crippen LogP contribution in [0.3, 0.4) is 0 Å². The molecule has 1 rings (SSSR count). The fourth-order valence-electron chi connectivity index (χ4n) is 0.798.